The Kier molecular flexibility index (Phi) is 6.02. The summed E-state index contributed by atoms with van der Waals surface area (Å²) in [5.74, 6) is -0.549. The van der Waals surface area contributed by atoms with E-state index in [1.54, 1.807) is 42.5 Å². The van der Waals surface area contributed by atoms with Crippen LogP contribution in [0.2, 0.25) is 0 Å². The number of amides is 2. The minimum Gasteiger partial charge on any atom is -0.476 e. The normalized spacial score (nSPS) is 15.9. The number of para-hydroxylation sites is 1. The highest BCUT2D eigenvalue weighted by atomic mass is 32.2. The standard InChI is InChI=1S/C21H25N3O5S/c1-13(2)22-20(25)15-7-5-6-8-16(15)23-21(26)19-12-24(30(4,27)28)17-11-14(3)9-10-18(17)29-19/h5-11,13,19H,12H2,1-4H3,(H,22,25)(H,23,26)/t19-/m1/s1. The van der Waals surface area contributed by atoms with Gasteiger partial charge in [-0.15, -0.1) is 0 Å². The van der Waals surface area contributed by atoms with Gasteiger partial charge in [-0.25, -0.2) is 8.42 Å². The molecule has 9 heteroatoms. The van der Waals surface area contributed by atoms with Crippen LogP contribution in [0.3, 0.4) is 0 Å². The number of rotatable bonds is 5. The molecule has 0 radical (unpaired) electrons. The predicted octanol–water partition coefficient (Wildman–Crippen LogP) is 2.30. The Morgan fingerprint density at radius 3 is 2.53 bits per heavy atom. The summed E-state index contributed by atoms with van der Waals surface area (Å²) >= 11 is 0. The van der Waals surface area contributed by atoms with Crippen LogP contribution in [-0.4, -0.2) is 45.2 Å². The third-order valence-corrected chi connectivity index (χ3v) is 5.67. The number of carbonyl (C=O) groups excluding carboxylic acids is 2. The van der Waals surface area contributed by atoms with Crippen molar-refractivity contribution in [3.63, 3.8) is 0 Å². The van der Waals surface area contributed by atoms with E-state index in [4.69, 9.17) is 4.74 Å². The first kappa shape index (κ1) is 21.6. The molecular weight excluding hydrogens is 406 g/mol. The Bertz CT molecular complexity index is 1080. The minimum atomic E-state index is -3.62. The molecular formula is C21H25N3O5S. The van der Waals surface area contributed by atoms with E-state index >= 15 is 0 Å². The van der Waals surface area contributed by atoms with Crippen molar-refractivity contribution in [2.24, 2.45) is 0 Å². The summed E-state index contributed by atoms with van der Waals surface area (Å²) in [6.45, 7) is 5.36. The lowest BCUT2D eigenvalue weighted by molar-refractivity contribution is -0.122. The predicted molar refractivity (Wildman–Crippen MR) is 115 cm³/mol. The van der Waals surface area contributed by atoms with Crippen LogP contribution in [0.15, 0.2) is 42.5 Å². The Morgan fingerprint density at radius 2 is 1.87 bits per heavy atom. The molecule has 1 aliphatic heterocycles. The average molecular weight is 432 g/mol. The number of aryl methyl sites for hydroxylation is 1. The Balaban J connectivity index is 1.87. The molecule has 0 fully saturated rings. The molecule has 2 aromatic rings. The van der Waals surface area contributed by atoms with Crippen molar-refractivity contribution in [3.05, 3.63) is 53.6 Å². The van der Waals surface area contributed by atoms with E-state index < -0.39 is 22.0 Å². The molecule has 8 nitrogen and oxygen atoms in total. The maximum atomic E-state index is 12.9. The third-order valence-electron chi connectivity index (χ3n) is 4.53. The second kappa shape index (κ2) is 8.35. The molecule has 2 N–H and O–H groups in total. The summed E-state index contributed by atoms with van der Waals surface area (Å²) in [7, 11) is -3.62. The lowest BCUT2D eigenvalue weighted by Gasteiger charge is -2.34. The van der Waals surface area contributed by atoms with Crippen molar-refractivity contribution in [1.82, 2.24) is 5.32 Å². The zero-order chi connectivity index (χ0) is 22.1. The Hall–Kier alpha value is -3.07. The van der Waals surface area contributed by atoms with Gasteiger partial charge in [0.25, 0.3) is 11.8 Å². The van der Waals surface area contributed by atoms with Crippen molar-refractivity contribution in [2.45, 2.75) is 32.9 Å². The fraction of sp³-hybridized carbons (Fsp3) is 0.333. The van der Waals surface area contributed by atoms with Crippen LogP contribution in [-0.2, 0) is 14.8 Å². The van der Waals surface area contributed by atoms with Crippen LogP contribution in [0.5, 0.6) is 5.75 Å². The number of nitrogens with one attached hydrogen (secondary N) is 2. The highest BCUT2D eigenvalue weighted by Gasteiger charge is 2.35. The average Bonchev–Trinajstić information content (AvgIpc) is 2.66. The van der Waals surface area contributed by atoms with Gasteiger partial charge in [-0.05, 0) is 50.6 Å². The monoisotopic (exact) mass is 431 g/mol. The highest BCUT2D eigenvalue weighted by molar-refractivity contribution is 7.92. The molecule has 0 spiro atoms. The van der Waals surface area contributed by atoms with Gasteiger partial charge >= 0.3 is 0 Å². The molecule has 2 aromatic carbocycles. The molecule has 0 bridgehead atoms. The molecule has 1 atom stereocenters. The SMILES string of the molecule is Cc1ccc2c(c1)N(S(C)(=O)=O)C[C@H](C(=O)Nc1ccccc1C(=O)NC(C)C)O2. The lowest BCUT2D eigenvalue weighted by atomic mass is 10.1. The van der Waals surface area contributed by atoms with Crippen LogP contribution < -0.4 is 19.7 Å². The topological polar surface area (TPSA) is 105 Å². The number of hydrogen-bond acceptors (Lipinski definition) is 5. The number of nitrogens with zero attached hydrogens (tertiary/aromatic N) is 1. The molecule has 3 rings (SSSR count). The lowest BCUT2D eigenvalue weighted by Crippen LogP contribution is -2.48. The summed E-state index contributed by atoms with van der Waals surface area (Å²) < 4.78 is 31.6. The van der Waals surface area contributed by atoms with Gasteiger partial charge in [-0.3, -0.25) is 13.9 Å². The largest absolute Gasteiger partial charge is 0.476 e. The van der Waals surface area contributed by atoms with Gasteiger partial charge < -0.3 is 15.4 Å². The molecule has 0 unspecified atom stereocenters. The van der Waals surface area contributed by atoms with Crippen LogP contribution in [0, 0.1) is 6.92 Å². The molecule has 2 amide bonds. The smallest absolute Gasteiger partial charge is 0.267 e. The molecule has 0 aromatic heterocycles. The van der Waals surface area contributed by atoms with Crippen molar-refractivity contribution >= 4 is 33.2 Å². The van der Waals surface area contributed by atoms with E-state index in [1.807, 2.05) is 20.8 Å². The van der Waals surface area contributed by atoms with Crippen molar-refractivity contribution in [1.29, 1.82) is 0 Å². The van der Waals surface area contributed by atoms with E-state index in [0.717, 1.165) is 11.8 Å². The quantitative estimate of drug-likeness (QED) is 0.756. The van der Waals surface area contributed by atoms with Crippen molar-refractivity contribution < 1.29 is 22.7 Å². The fourth-order valence-corrected chi connectivity index (χ4v) is 4.06. The van der Waals surface area contributed by atoms with Gasteiger partial charge in [-0.1, -0.05) is 18.2 Å². The Labute approximate surface area is 176 Å². The first-order valence-electron chi connectivity index (χ1n) is 9.52. The number of fused-ring (bicyclic) bond motifs is 1. The van der Waals surface area contributed by atoms with Gasteiger partial charge in [0.05, 0.1) is 29.7 Å². The van der Waals surface area contributed by atoms with Gasteiger partial charge in [0.2, 0.25) is 10.0 Å². The number of hydrogen-bond donors (Lipinski definition) is 2. The highest BCUT2D eigenvalue weighted by Crippen LogP contribution is 2.36. The van der Waals surface area contributed by atoms with E-state index in [-0.39, 0.29) is 18.5 Å². The van der Waals surface area contributed by atoms with Crippen LogP contribution in [0.4, 0.5) is 11.4 Å². The van der Waals surface area contributed by atoms with Gasteiger partial charge in [-0.2, -0.15) is 0 Å². The first-order valence-corrected chi connectivity index (χ1v) is 11.4. The molecule has 30 heavy (non-hydrogen) atoms. The van der Waals surface area contributed by atoms with E-state index in [0.29, 0.717) is 22.7 Å². The number of carbonyl (C=O) groups is 2. The van der Waals surface area contributed by atoms with E-state index in [9.17, 15) is 18.0 Å². The molecule has 160 valence electrons. The number of ether oxygens (including phenoxy) is 1. The molecule has 1 aliphatic rings. The molecule has 0 saturated heterocycles. The van der Waals surface area contributed by atoms with Crippen LogP contribution in [0.1, 0.15) is 29.8 Å². The maximum absolute atomic E-state index is 12.9. The number of sulfonamides is 1. The minimum absolute atomic E-state index is 0.0637. The number of benzene rings is 2. The summed E-state index contributed by atoms with van der Waals surface area (Å²) in [5, 5.41) is 5.49. The number of anilines is 2. The zero-order valence-electron chi connectivity index (χ0n) is 17.3. The second-order valence-corrected chi connectivity index (χ2v) is 9.44. The molecule has 1 heterocycles. The van der Waals surface area contributed by atoms with Crippen LogP contribution >= 0.6 is 0 Å². The Morgan fingerprint density at radius 1 is 1.17 bits per heavy atom. The fourth-order valence-electron chi connectivity index (χ4n) is 3.16. The third kappa shape index (κ3) is 4.73. The van der Waals surface area contributed by atoms with Crippen molar-refractivity contribution in [3.8, 4) is 5.75 Å². The summed E-state index contributed by atoms with van der Waals surface area (Å²) in [6.07, 6.45) is 0.0152. The molecule has 0 aliphatic carbocycles. The summed E-state index contributed by atoms with van der Waals surface area (Å²) in [4.78, 5) is 25.4. The van der Waals surface area contributed by atoms with Gasteiger partial charge in [0, 0.05) is 6.04 Å². The van der Waals surface area contributed by atoms with E-state index in [2.05, 4.69) is 10.6 Å². The summed E-state index contributed by atoms with van der Waals surface area (Å²) in [5.41, 5.74) is 1.91. The maximum Gasteiger partial charge on any atom is 0.267 e. The zero-order valence-corrected chi connectivity index (χ0v) is 18.1. The molecule has 0 saturated carbocycles. The van der Waals surface area contributed by atoms with E-state index in [1.165, 1.54) is 4.31 Å². The summed E-state index contributed by atoms with van der Waals surface area (Å²) in [6, 6.07) is 11.7. The first-order chi connectivity index (χ1) is 14.1. The van der Waals surface area contributed by atoms with Crippen LogP contribution in [0.25, 0.3) is 0 Å². The van der Waals surface area contributed by atoms with Gasteiger partial charge in [0.1, 0.15) is 5.75 Å². The van der Waals surface area contributed by atoms with Crippen molar-refractivity contribution in [2.75, 3.05) is 22.4 Å². The van der Waals surface area contributed by atoms with Gasteiger partial charge in [0.15, 0.2) is 6.10 Å². The second-order valence-electron chi connectivity index (χ2n) is 7.53.